The van der Waals surface area contributed by atoms with Crippen LogP contribution in [0.1, 0.15) is 6.92 Å². The van der Waals surface area contributed by atoms with Crippen LogP contribution in [0.15, 0.2) is 30.5 Å². The van der Waals surface area contributed by atoms with E-state index in [0.29, 0.717) is 22.5 Å². The predicted molar refractivity (Wildman–Crippen MR) is 77.5 cm³/mol. The SMILES string of the molecule is CCNc1nccc(Nc2ccc(OC)c(Cl)c2)n1. The molecule has 0 spiro atoms. The highest BCUT2D eigenvalue weighted by Crippen LogP contribution is 2.28. The molecule has 0 aliphatic rings. The third-order valence-corrected chi connectivity index (χ3v) is 2.71. The summed E-state index contributed by atoms with van der Waals surface area (Å²) in [6.45, 7) is 2.77. The van der Waals surface area contributed by atoms with Crippen molar-refractivity contribution in [2.24, 2.45) is 0 Å². The van der Waals surface area contributed by atoms with Gasteiger partial charge < -0.3 is 15.4 Å². The van der Waals surface area contributed by atoms with Crippen molar-refractivity contribution in [3.63, 3.8) is 0 Å². The Balaban J connectivity index is 2.16. The topological polar surface area (TPSA) is 59.1 Å². The summed E-state index contributed by atoms with van der Waals surface area (Å²) in [4.78, 5) is 8.43. The smallest absolute Gasteiger partial charge is 0.224 e. The molecule has 2 aromatic rings. The first-order valence-electron chi connectivity index (χ1n) is 5.90. The fourth-order valence-electron chi connectivity index (χ4n) is 1.56. The van der Waals surface area contributed by atoms with E-state index in [1.165, 1.54) is 0 Å². The standard InChI is InChI=1S/C13H15ClN4O/c1-3-15-13-16-7-6-12(18-13)17-9-4-5-11(19-2)10(14)8-9/h4-8H,3H2,1-2H3,(H2,15,16,17,18). The van der Waals surface area contributed by atoms with Crippen LogP contribution in [0.25, 0.3) is 0 Å². The van der Waals surface area contributed by atoms with Gasteiger partial charge in [-0.25, -0.2) is 4.98 Å². The van der Waals surface area contributed by atoms with Crippen LogP contribution >= 0.6 is 11.6 Å². The maximum atomic E-state index is 6.07. The first kappa shape index (κ1) is 13.4. The molecule has 1 aromatic heterocycles. The highest BCUT2D eigenvalue weighted by molar-refractivity contribution is 6.32. The fraction of sp³-hybridized carbons (Fsp3) is 0.231. The molecule has 1 heterocycles. The van der Waals surface area contributed by atoms with Crippen LogP contribution in [0, 0.1) is 0 Å². The Bertz CT molecular complexity index is 562. The second-order valence-electron chi connectivity index (χ2n) is 3.77. The highest BCUT2D eigenvalue weighted by atomic mass is 35.5. The largest absolute Gasteiger partial charge is 0.495 e. The molecular formula is C13H15ClN4O. The molecule has 5 nitrogen and oxygen atoms in total. The van der Waals surface area contributed by atoms with E-state index >= 15 is 0 Å². The Kier molecular flexibility index (Phi) is 4.41. The van der Waals surface area contributed by atoms with Gasteiger partial charge >= 0.3 is 0 Å². The van der Waals surface area contributed by atoms with Crippen LogP contribution < -0.4 is 15.4 Å². The van der Waals surface area contributed by atoms with E-state index in [4.69, 9.17) is 16.3 Å². The van der Waals surface area contributed by atoms with Gasteiger partial charge in [0.1, 0.15) is 11.6 Å². The molecular weight excluding hydrogens is 264 g/mol. The number of aromatic nitrogens is 2. The highest BCUT2D eigenvalue weighted by Gasteiger charge is 2.03. The Hall–Kier alpha value is -2.01. The van der Waals surface area contributed by atoms with E-state index in [0.717, 1.165) is 12.2 Å². The zero-order chi connectivity index (χ0) is 13.7. The van der Waals surface area contributed by atoms with Crippen molar-refractivity contribution in [3.05, 3.63) is 35.5 Å². The Labute approximate surface area is 117 Å². The van der Waals surface area contributed by atoms with Crippen molar-refractivity contribution < 1.29 is 4.74 Å². The molecule has 2 rings (SSSR count). The van der Waals surface area contributed by atoms with Gasteiger partial charge in [-0.2, -0.15) is 4.98 Å². The van der Waals surface area contributed by atoms with E-state index in [1.54, 1.807) is 31.5 Å². The minimum absolute atomic E-state index is 0.550. The van der Waals surface area contributed by atoms with Gasteiger partial charge in [-0.15, -0.1) is 0 Å². The summed E-state index contributed by atoms with van der Waals surface area (Å²) in [6.07, 6.45) is 1.69. The van der Waals surface area contributed by atoms with Crippen LogP contribution in [0.5, 0.6) is 5.75 Å². The van der Waals surface area contributed by atoms with Crippen molar-refractivity contribution in [1.82, 2.24) is 9.97 Å². The first-order chi connectivity index (χ1) is 9.22. The summed E-state index contributed by atoms with van der Waals surface area (Å²) in [5, 5.41) is 6.77. The van der Waals surface area contributed by atoms with Crippen molar-refractivity contribution in [1.29, 1.82) is 0 Å². The maximum absolute atomic E-state index is 6.07. The van der Waals surface area contributed by atoms with Gasteiger partial charge in [-0.3, -0.25) is 0 Å². The molecule has 0 bridgehead atoms. The number of nitrogens with one attached hydrogen (secondary N) is 2. The van der Waals surface area contributed by atoms with Crippen molar-refractivity contribution in [3.8, 4) is 5.75 Å². The molecule has 0 aliphatic heterocycles. The number of nitrogens with zero attached hydrogens (tertiary/aromatic N) is 2. The monoisotopic (exact) mass is 278 g/mol. The molecule has 0 fully saturated rings. The summed E-state index contributed by atoms with van der Waals surface area (Å²) in [5.74, 6) is 1.93. The molecule has 0 radical (unpaired) electrons. The number of benzene rings is 1. The molecule has 2 N–H and O–H groups in total. The molecule has 0 aliphatic carbocycles. The summed E-state index contributed by atoms with van der Waals surface area (Å²) in [6, 6.07) is 7.26. The van der Waals surface area contributed by atoms with Crippen LogP contribution in [0.4, 0.5) is 17.5 Å². The van der Waals surface area contributed by atoms with Gasteiger partial charge in [0.05, 0.1) is 12.1 Å². The van der Waals surface area contributed by atoms with E-state index < -0.39 is 0 Å². The number of hydrogen-bond acceptors (Lipinski definition) is 5. The number of hydrogen-bond donors (Lipinski definition) is 2. The molecule has 0 atom stereocenters. The van der Waals surface area contributed by atoms with Gasteiger partial charge in [0.25, 0.3) is 0 Å². The van der Waals surface area contributed by atoms with Gasteiger partial charge in [-0.1, -0.05) is 11.6 Å². The summed E-state index contributed by atoms with van der Waals surface area (Å²) < 4.78 is 5.11. The minimum atomic E-state index is 0.550. The zero-order valence-electron chi connectivity index (χ0n) is 10.8. The number of ether oxygens (including phenoxy) is 1. The predicted octanol–water partition coefficient (Wildman–Crippen LogP) is 3.31. The van der Waals surface area contributed by atoms with E-state index in [9.17, 15) is 0 Å². The van der Waals surface area contributed by atoms with Crippen LogP contribution in [-0.4, -0.2) is 23.6 Å². The number of halogens is 1. The third kappa shape index (κ3) is 3.48. The average Bonchev–Trinajstić information content (AvgIpc) is 2.40. The van der Waals surface area contributed by atoms with Gasteiger partial charge in [0.15, 0.2) is 0 Å². The lowest BCUT2D eigenvalue weighted by molar-refractivity contribution is 0.415. The molecule has 0 amide bonds. The van der Waals surface area contributed by atoms with Crippen molar-refractivity contribution >= 4 is 29.1 Å². The number of methoxy groups -OCH3 is 1. The second kappa shape index (κ2) is 6.24. The molecule has 0 unspecified atom stereocenters. The van der Waals surface area contributed by atoms with Gasteiger partial charge in [0.2, 0.25) is 5.95 Å². The quantitative estimate of drug-likeness (QED) is 0.879. The lowest BCUT2D eigenvalue weighted by Gasteiger charge is -2.09. The van der Waals surface area contributed by atoms with Crippen LogP contribution in [-0.2, 0) is 0 Å². The van der Waals surface area contributed by atoms with Crippen molar-refractivity contribution in [2.45, 2.75) is 6.92 Å². The molecule has 100 valence electrons. The lowest BCUT2D eigenvalue weighted by atomic mass is 10.3. The Morgan fingerprint density at radius 2 is 2.16 bits per heavy atom. The average molecular weight is 279 g/mol. The summed E-state index contributed by atoms with van der Waals surface area (Å²) in [5.41, 5.74) is 0.840. The lowest BCUT2D eigenvalue weighted by Crippen LogP contribution is -2.03. The molecule has 6 heteroatoms. The molecule has 1 aromatic carbocycles. The minimum Gasteiger partial charge on any atom is -0.495 e. The zero-order valence-corrected chi connectivity index (χ0v) is 11.5. The van der Waals surface area contributed by atoms with Gasteiger partial charge in [-0.05, 0) is 31.2 Å². The summed E-state index contributed by atoms with van der Waals surface area (Å²) in [7, 11) is 1.58. The first-order valence-corrected chi connectivity index (χ1v) is 6.28. The third-order valence-electron chi connectivity index (χ3n) is 2.41. The van der Waals surface area contributed by atoms with Crippen molar-refractivity contribution in [2.75, 3.05) is 24.3 Å². The Morgan fingerprint density at radius 1 is 1.32 bits per heavy atom. The molecule has 0 saturated heterocycles. The van der Waals surface area contributed by atoms with Crippen LogP contribution in [0.2, 0.25) is 5.02 Å². The Morgan fingerprint density at radius 3 is 2.84 bits per heavy atom. The molecule has 0 saturated carbocycles. The molecule has 19 heavy (non-hydrogen) atoms. The van der Waals surface area contributed by atoms with E-state index in [1.807, 2.05) is 13.0 Å². The second-order valence-corrected chi connectivity index (χ2v) is 4.18. The van der Waals surface area contributed by atoms with E-state index in [2.05, 4.69) is 20.6 Å². The van der Waals surface area contributed by atoms with E-state index in [-0.39, 0.29) is 0 Å². The summed E-state index contributed by atoms with van der Waals surface area (Å²) >= 11 is 6.07. The van der Waals surface area contributed by atoms with Crippen LogP contribution in [0.3, 0.4) is 0 Å². The van der Waals surface area contributed by atoms with Gasteiger partial charge in [0, 0.05) is 18.4 Å². The number of rotatable bonds is 5. The number of anilines is 3. The maximum Gasteiger partial charge on any atom is 0.224 e. The fourth-order valence-corrected chi connectivity index (χ4v) is 1.82. The normalized spacial score (nSPS) is 10.1.